The van der Waals surface area contributed by atoms with Crippen LogP contribution in [0.4, 0.5) is 8.78 Å². The Balaban J connectivity index is 2.00. The Kier molecular flexibility index (Phi) is 4.81. The minimum atomic E-state index is -2.88. The van der Waals surface area contributed by atoms with Gasteiger partial charge in [0, 0.05) is 18.0 Å². The molecule has 21 heavy (non-hydrogen) atoms. The van der Waals surface area contributed by atoms with E-state index in [1.807, 2.05) is 19.1 Å². The number of alkyl halides is 2. The summed E-state index contributed by atoms with van der Waals surface area (Å²) in [4.78, 5) is 16.0. The smallest absolute Gasteiger partial charge is 0.387 e. The minimum Gasteiger partial charge on any atom is -0.435 e. The maximum atomic E-state index is 12.0. The zero-order valence-corrected chi connectivity index (χ0v) is 11.3. The van der Waals surface area contributed by atoms with Crippen molar-refractivity contribution in [3.63, 3.8) is 0 Å². The van der Waals surface area contributed by atoms with Gasteiger partial charge in [-0.3, -0.25) is 9.78 Å². The molecule has 0 fully saturated rings. The molecule has 1 N–H and O–H groups in total. The summed E-state index contributed by atoms with van der Waals surface area (Å²) >= 11 is 0. The van der Waals surface area contributed by atoms with Crippen molar-refractivity contribution in [3.05, 3.63) is 59.9 Å². The Hall–Kier alpha value is -2.50. The summed E-state index contributed by atoms with van der Waals surface area (Å²) in [5, 5.41) is 2.82. The number of benzene rings is 1. The monoisotopic (exact) mass is 292 g/mol. The average Bonchev–Trinajstić information content (AvgIpc) is 2.48. The van der Waals surface area contributed by atoms with Crippen LogP contribution in [0.1, 0.15) is 28.9 Å². The zero-order chi connectivity index (χ0) is 15.2. The minimum absolute atomic E-state index is 0.0173. The molecular weight excluding hydrogens is 278 g/mol. The lowest BCUT2D eigenvalue weighted by Crippen LogP contribution is -2.26. The van der Waals surface area contributed by atoms with E-state index in [1.165, 1.54) is 24.3 Å². The highest BCUT2D eigenvalue weighted by Crippen LogP contribution is 2.16. The van der Waals surface area contributed by atoms with Gasteiger partial charge in [-0.05, 0) is 48.9 Å². The standard InChI is InChI=1S/C15H14F2N2O2/c1-10(11-6-8-18-9-7-11)19-14(20)12-2-4-13(5-3-12)21-15(16)17/h2-10,15H,1H3,(H,19,20). The van der Waals surface area contributed by atoms with Crippen LogP contribution in [0.25, 0.3) is 0 Å². The van der Waals surface area contributed by atoms with Gasteiger partial charge in [-0.2, -0.15) is 8.78 Å². The fraction of sp³-hybridized carbons (Fsp3) is 0.200. The molecule has 1 amide bonds. The van der Waals surface area contributed by atoms with Crippen LogP contribution in [0.5, 0.6) is 5.75 Å². The summed E-state index contributed by atoms with van der Waals surface area (Å²) in [6.07, 6.45) is 3.29. The van der Waals surface area contributed by atoms with Crippen LogP contribution in [0.3, 0.4) is 0 Å². The van der Waals surface area contributed by atoms with Crippen molar-refractivity contribution in [2.24, 2.45) is 0 Å². The number of aromatic nitrogens is 1. The molecule has 1 aromatic carbocycles. The van der Waals surface area contributed by atoms with E-state index < -0.39 is 6.61 Å². The number of hydrogen-bond donors (Lipinski definition) is 1. The summed E-state index contributed by atoms with van der Waals surface area (Å²) in [6.45, 7) is -1.03. The van der Waals surface area contributed by atoms with E-state index in [-0.39, 0.29) is 17.7 Å². The molecule has 1 atom stereocenters. The van der Waals surface area contributed by atoms with Gasteiger partial charge >= 0.3 is 6.61 Å². The van der Waals surface area contributed by atoms with Gasteiger partial charge in [0.1, 0.15) is 5.75 Å². The molecule has 2 aromatic rings. The number of nitrogens with one attached hydrogen (secondary N) is 1. The maximum absolute atomic E-state index is 12.0. The Bertz CT molecular complexity index is 588. The summed E-state index contributed by atoms with van der Waals surface area (Å²) in [6, 6.07) is 8.97. The lowest BCUT2D eigenvalue weighted by molar-refractivity contribution is -0.0498. The van der Waals surface area contributed by atoms with Crippen molar-refractivity contribution < 1.29 is 18.3 Å². The van der Waals surface area contributed by atoms with E-state index in [4.69, 9.17) is 0 Å². The Morgan fingerprint density at radius 3 is 2.33 bits per heavy atom. The molecule has 110 valence electrons. The average molecular weight is 292 g/mol. The largest absolute Gasteiger partial charge is 0.435 e. The highest BCUT2D eigenvalue weighted by Gasteiger charge is 2.12. The van der Waals surface area contributed by atoms with Crippen LogP contribution in [-0.4, -0.2) is 17.5 Å². The molecule has 0 radical (unpaired) electrons. The van der Waals surface area contributed by atoms with Gasteiger partial charge in [0.05, 0.1) is 6.04 Å². The van der Waals surface area contributed by atoms with E-state index in [0.29, 0.717) is 5.56 Å². The Labute approximate surface area is 120 Å². The normalized spacial score (nSPS) is 12.0. The van der Waals surface area contributed by atoms with Crippen LogP contribution in [0, 0.1) is 0 Å². The van der Waals surface area contributed by atoms with Crippen molar-refractivity contribution in [1.82, 2.24) is 10.3 Å². The third-order valence-electron chi connectivity index (χ3n) is 2.90. The Morgan fingerprint density at radius 2 is 1.76 bits per heavy atom. The molecular formula is C15H14F2N2O2. The van der Waals surface area contributed by atoms with Crippen molar-refractivity contribution >= 4 is 5.91 Å². The molecule has 1 aromatic heterocycles. The first-order chi connectivity index (χ1) is 10.1. The summed E-state index contributed by atoms with van der Waals surface area (Å²) in [5.41, 5.74) is 1.30. The number of carbonyl (C=O) groups excluding carboxylic acids is 1. The molecule has 0 aliphatic carbocycles. The van der Waals surface area contributed by atoms with Crippen molar-refractivity contribution in [1.29, 1.82) is 0 Å². The molecule has 1 heterocycles. The molecule has 2 rings (SSSR count). The number of hydrogen-bond acceptors (Lipinski definition) is 3. The fourth-order valence-electron chi connectivity index (χ4n) is 1.80. The van der Waals surface area contributed by atoms with Gasteiger partial charge in [0.15, 0.2) is 0 Å². The van der Waals surface area contributed by atoms with Gasteiger partial charge in [0.25, 0.3) is 5.91 Å². The topological polar surface area (TPSA) is 51.2 Å². The zero-order valence-electron chi connectivity index (χ0n) is 11.3. The second kappa shape index (κ2) is 6.78. The third-order valence-corrected chi connectivity index (χ3v) is 2.90. The van der Waals surface area contributed by atoms with Gasteiger partial charge in [-0.25, -0.2) is 0 Å². The van der Waals surface area contributed by atoms with Crippen LogP contribution < -0.4 is 10.1 Å². The molecule has 0 bridgehead atoms. The predicted molar refractivity (Wildman–Crippen MR) is 73.2 cm³/mol. The van der Waals surface area contributed by atoms with E-state index >= 15 is 0 Å². The van der Waals surface area contributed by atoms with Crippen molar-refractivity contribution in [2.45, 2.75) is 19.6 Å². The van der Waals surface area contributed by atoms with E-state index in [2.05, 4.69) is 15.0 Å². The van der Waals surface area contributed by atoms with Gasteiger partial charge in [-0.1, -0.05) is 0 Å². The van der Waals surface area contributed by atoms with Crippen LogP contribution in [-0.2, 0) is 0 Å². The molecule has 6 heteroatoms. The molecule has 4 nitrogen and oxygen atoms in total. The highest BCUT2D eigenvalue weighted by molar-refractivity contribution is 5.94. The third kappa shape index (κ3) is 4.24. The lowest BCUT2D eigenvalue weighted by Gasteiger charge is -2.14. The first kappa shape index (κ1) is 14.9. The second-order valence-electron chi connectivity index (χ2n) is 4.38. The number of halogens is 2. The Morgan fingerprint density at radius 1 is 1.14 bits per heavy atom. The molecule has 0 saturated carbocycles. The fourth-order valence-corrected chi connectivity index (χ4v) is 1.80. The first-order valence-corrected chi connectivity index (χ1v) is 6.32. The van der Waals surface area contributed by atoms with Gasteiger partial charge in [-0.15, -0.1) is 0 Å². The molecule has 0 spiro atoms. The lowest BCUT2D eigenvalue weighted by atomic mass is 10.1. The van der Waals surface area contributed by atoms with Crippen molar-refractivity contribution in [2.75, 3.05) is 0 Å². The summed E-state index contributed by atoms with van der Waals surface area (Å²) in [7, 11) is 0. The second-order valence-corrected chi connectivity index (χ2v) is 4.38. The quantitative estimate of drug-likeness (QED) is 0.921. The molecule has 0 saturated heterocycles. The number of carbonyl (C=O) groups is 1. The van der Waals surface area contributed by atoms with E-state index in [0.717, 1.165) is 5.56 Å². The number of amides is 1. The maximum Gasteiger partial charge on any atom is 0.387 e. The summed E-state index contributed by atoms with van der Waals surface area (Å²) in [5.74, 6) is -0.272. The highest BCUT2D eigenvalue weighted by atomic mass is 19.3. The van der Waals surface area contributed by atoms with E-state index in [1.54, 1.807) is 12.4 Å². The summed E-state index contributed by atoms with van der Waals surface area (Å²) < 4.78 is 28.3. The van der Waals surface area contributed by atoms with E-state index in [9.17, 15) is 13.6 Å². The number of ether oxygens (including phenoxy) is 1. The SMILES string of the molecule is CC(NC(=O)c1ccc(OC(F)F)cc1)c1ccncc1. The van der Waals surface area contributed by atoms with Gasteiger partial charge in [0.2, 0.25) is 0 Å². The van der Waals surface area contributed by atoms with Crippen LogP contribution in [0.15, 0.2) is 48.8 Å². The van der Waals surface area contributed by atoms with Crippen LogP contribution >= 0.6 is 0 Å². The first-order valence-electron chi connectivity index (χ1n) is 6.32. The number of rotatable bonds is 5. The van der Waals surface area contributed by atoms with Crippen molar-refractivity contribution in [3.8, 4) is 5.75 Å². The predicted octanol–water partition coefficient (Wildman–Crippen LogP) is 3.17. The van der Waals surface area contributed by atoms with Crippen LogP contribution in [0.2, 0.25) is 0 Å². The molecule has 0 aliphatic heterocycles. The number of nitrogens with zero attached hydrogens (tertiary/aromatic N) is 1. The molecule has 1 unspecified atom stereocenters. The van der Waals surface area contributed by atoms with Gasteiger partial charge < -0.3 is 10.1 Å². The number of pyridine rings is 1. The molecule has 0 aliphatic rings.